The molecule has 0 heterocycles. The number of nitrogens with one attached hydrogen (secondary N) is 2. The van der Waals surface area contributed by atoms with Gasteiger partial charge in [0.05, 0.1) is 12.6 Å². The molecule has 19 heavy (non-hydrogen) atoms. The molecule has 0 radical (unpaired) electrons. The molecule has 0 aliphatic carbocycles. The zero-order valence-electron chi connectivity index (χ0n) is 12.1. The Labute approximate surface area is 114 Å². The molecule has 1 amide bonds. The van der Waals surface area contributed by atoms with E-state index in [9.17, 15) is 9.18 Å². The zero-order chi connectivity index (χ0) is 14.5. The van der Waals surface area contributed by atoms with Gasteiger partial charge in [0.2, 0.25) is 5.91 Å². The average molecular weight is 266 g/mol. The van der Waals surface area contributed by atoms with Crippen LogP contribution in [0, 0.1) is 11.2 Å². The first-order chi connectivity index (χ1) is 8.84. The number of amides is 1. The Kier molecular flexibility index (Phi) is 5.48. The lowest BCUT2D eigenvalue weighted by atomic mass is 9.82. The Morgan fingerprint density at radius 3 is 2.32 bits per heavy atom. The van der Waals surface area contributed by atoms with Crippen LogP contribution in [0.2, 0.25) is 0 Å². The molecular formula is C15H23FN2O. The van der Waals surface area contributed by atoms with E-state index in [4.69, 9.17) is 0 Å². The van der Waals surface area contributed by atoms with Crippen LogP contribution in [0.3, 0.4) is 0 Å². The van der Waals surface area contributed by atoms with Crippen LogP contribution in [0.25, 0.3) is 0 Å². The number of hydrogen-bond acceptors (Lipinski definition) is 2. The van der Waals surface area contributed by atoms with Crippen molar-refractivity contribution in [2.45, 2.75) is 33.7 Å². The van der Waals surface area contributed by atoms with Gasteiger partial charge < -0.3 is 10.6 Å². The highest BCUT2D eigenvalue weighted by molar-refractivity contribution is 5.78. The van der Waals surface area contributed by atoms with Gasteiger partial charge in [-0.25, -0.2) is 4.39 Å². The topological polar surface area (TPSA) is 41.1 Å². The number of hydrogen-bond donors (Lipinski definition) is 2. The molecule has 1 aromatic carbocycles. The number of carbonyl (C=O) groups is 1. The Balaban J connectivity index is 2.84. The Hall–Kier alpha value is -1.42. The average Bonchev–Trinajstić information content (AvgIpc) is 2.33. The van der Waals surface area contributed by atoms with Crippen molar-refractivity contribution in [1.29, 1.82) is 0 Å². The lowest BCUT2D eigenvalue weighted by Crippen LogP contribution is -2.41. The molecule has 1 unspecified atom stereocenters. The van der Waals surface area contributed by atoms with Crippen molar-refractivity contribution in [3.05, 3.63) is 35.6 Å². The second kappa shape index (κ2) is 6.66. The molecule has 0 aromatic heterocycles. The summed E-state index contributed by atoms with van der Waals surface area (Å²) in [7, 11) is 0. The quantitative estimate of drug-likeness (QED) is 0.860. The second-order valence-corrected chi connectivity index (χ2v) is 5.70. The predicted octanol–water partition coefficient (Wildman–Crippen LogP) is 2.64. The second-order valence-electron chi connectivity index (χ2n) is 5.70. The summed E-state index contributed by atoms with van der Waals surface area (Å²) < 4.78 is 13.0. The van der Waals surface area contributed by atoms with E-state index >= 15 is 0 Å². The third kappa shape index (κ3) is 4.99. The van der Waals surface area contributed by atoms with Gasteiger partial charge in [0, 0.05) is 0 Å². The maximum Gasteiger partial charge on any atom is 0.234 e. The summed E-state index contributed by atoms with van der Waals surface area (Å²) in [6.45, 7) is 9.15. The molecule has 1 aromatic rings. The Morgan fingerprint density at radius 1 is 1.26 bits per heavy atom. The fourth-order valence-corrected chi connectivity index (χ4v) is 1.91. The lowest BCUT2D eigenvalue weighted by Gasteiger charge is -2.32. The Morgan fingerprint density at radius 2 is 1.84 bits per heavy atom. The number of rotatable bonds is 5. The van der Waals surface area contributed by atoms with Gasteiger partial charge in [0.25, 0.3) is 0 Å². The first-order valence-corrected chi connectivity index (χ1v) is 6.60. The third-order valence-corrected chi connectivity index (χ3v) is 2.91. The number of carbonyl (C=O) groups excluding carboxylic acids is 1. The van der Waals surface area contributed by atoms with Crippen molar-refractivity contribution in [2.75, 3.05) is 13.1 Å². The van der Waals surface area contributed by atoms with Crippen molar-refractivity contribution in [3.63, 3.8) is 0 Å². The largest absolute Gasteiger partial charge is 0.348 e. The van der Waals surface area contributed by atoms with Crippen LogP contribution in [0.15, 0.2) is 24.3 Å². The van der Waals surface area contributed by atoms with E-state index in [2.05, 4.69) is 31.4 Å². The summed E-state index contributed by atoms with van der Waals surface area (Å²) in [6, 6.07) is 6.14. The zero-order valence-corrected chi connectivity index (χ0v) is 12.1. The van der Waals surface area contributed by atoms with E-state index in [-0.39, 0.29) is 23.2 Å². The molecule has 1 rings (SSSR count). The molecule has 0 saturated carbocycles. The van der Waals surface area contributed by atoms with Gasteiger partial charge in [-0.2, -0.15) is 0 Å². The van der Waals surface area contributed by atoms with Crippen molar-refractivity contribution < 1.29 is 9.18 Å². The summed E-state index contributed by atoms with van der Waals surface area (Å²) in [4.78, 5) is 11.9. The van der Waals surface area contributed by atoms with Crippen LogP contribution < -0.4 is 10.6 Å². The van der Waals surface area contributed by atoms with Crippen LogP contribution in [-0.2, 0) is 4.79 Å². The molecule has 4 heteroatoms. The maximum absolute atomic E-state index is 13.0. The number of benzene rings is 1. The molecule has 2 N–H and O–H groups in total. The molecule has 0 saturated heterocycles. The molecule has 3 nitrogen and oxygen atoms in total. The predicted molar refractivity (Wildman–Crippen MR) is 75.3 cm³/mol. The summed E-state index contributed by atoms with van der Waals surface area (Å²) >= 11 is 0. The normalized spacial score (nSPS) is 13.1. The number of likely N-dealkylation sites (N-methyl/N-ethyl adjacent to an activating group) is 1. The van der Waals surface area contributed by atoms with Crippen LogP contribution in [0.5, 0.6) is 0 Å². The van der Waals surface area contributed by atoms with Gasteiger partial charge in [-0.1, -0.05) is 39.8 Å². The molecule has 0 aliphatic rings. The summed E-state index contributed by atoms with van der Waals surface area (Å²) in [6.07, 6.45) is 0. The third-order valence-electron chi connectivity index (χ3n) is 2.91. The monoisotopic (exact) mass is 266 g/mol. The molecule has 0 bridgehead atoms. The van der Waals surface area contributed by atoms with Crippen LogP contribution in [0.4, 0.5) is 4.39 Å². The van der Waals surface area contributed by atoms with Crippen molar-refractivity contribution in [3.8, 4) is 0 Å². The number of halogens is 1. The van der Waals surface area contributed by atoms with E-state index < -0.39 is 0 Å². The van der Waals surface area contributed by atoms with Crippen LogP contribution in [0.1, 0.15) is 39.3 Å². The minimum Gasteiger partial charge on any atom is -0.348 e. The molecule has 0 fully saturated rings. The standard InChI is InChI=1S/C15H23FN2O/c1-5-17-10-13(19)18-14(15(2,3)4)11-6-8-12(16)9-7-11/h6-9,14,17H,5,10H2,1-4H3,(H,18,19). The van der Waals surface area contributed by atoms with Gasteiger partial charge in [-0.3, -0.25) is 4.79 Å². The van der Waals surface area contributed by atoms with Crippen molar-refractivity contribution in [1.82, 2.24) is 10.6 Å². The first-order valence-electron chi connectivity index (χ1n) is 6.60. The SMILES string of the molecule is CCNCC(=O)NC(c1ccc(F)cc1)C(C)(C)C. The Bertz CT molecular complexity index is 409. The van der Waals surface area contributed by atoms with E-state index in [1.54, 1.807) is 12.1 Å². The minimum atomic E-state index is -0.268. The lowest BCUT2D eigenvalue weighted by molar-refractivity contribution is -0.121. The highest BCUT2D eigenvalue weighted by atomic mass is 19.1. The van der Waals surface area contributed by atoms with Gasteiger partial charge in [0.15, 0.2) is 0 Å². The van der Waals surface area contributed by atoms with Crippen LogP contribution >= 0.6 is 0 Å². The summed E-state index contributed by atoms with van der Waals surface area (Å²) in [5, 5.41) is 6.00. The maximum atomic E-state index is 13.0. The van der Waals surface area contributed by atoms with Crippen molar-refractivity contribution >= 4 is 5.91 Å². The molecule has 0 aliphatic heterocycles. The highest BCUT2D eigenvalue weighted by Gasteiger charge is 2.27. The van der Waals surface area contributed by atoms with E-state index in [1.807, 2.05) is 6.92 Å². The van der Waals surface area contributed by atoms with E-state index in [0.717, 1.165) is 12.1 Å². The van der Waals surface area contributed by atoms with Crippen LogP contribution in [-0.4, -0.2) is 19.0 Å². The fraction of sp³-hybridized carbons (Fsp3) is 0.533. The molecular weight excluding hydrogens is 243 g/mol. The van der Waals surface area contributed by atoms with Crippen molar-refractivity contribution in [2.24, 2.45) is 5.41 Å². The van der Waals surface area contributed by atoms with Gasteiger partial charge >= 0.3 is 0 Å². The fourth-order valence-electron chi connectivity index (χ4n) is 1.91. The van der Waals surface area contributed by atoms with Gasteiger partial charge in [-0.15, -0.1) is 0 Å². The highest BCUT2D eigenvalue weighted by Crippen LogP contribution is 2.32. The van der Waals surface area contributed by atoms with Gasteiger partial charge in [-0.05, 0) is 29.7 Å². The first kappa shape index (κ1) is 15.6. The van der Waals surface area contributed by atoms with Gasteiger partial charge in [0.1, 0.15) is 5.82 Å². The van der Waals surface area contributed by atoms with E-state index in [0.29, 0.717) is 6.54 Å². The van der Waals surface area contributed by atoms with E-state index in [1.165, 1.54) is 12.1 Å². The summed E-state index contributed by atoms with van der Waals surface area (Å²) in [5.41, 5.74) is 0.776. The smallest absolute Gasteiger partial charge is 0.234 e. The summed E-state index contributed by atoms with van der Waals surface area (Å²) in [5.74, 6) is -0.318. The minimum absolute atomic E-state index is 0.0499. The molecule has 106 valence electrons. The molecule has 1 atom stereocenters. The molecule has 0 spiro atoms.